The Morgan fingerprint density at radius 3 is 2.54 bits per heavy atom. The predicted octanol–water partition coefficient (Wildman–Crippen LogP) is 2.82. The van der Waals surface area contributed by atoms with Crippen molar-refractivity contribution in [2.24, 2.45) is 0 Å². The van der Waals surface area contributed by atoms with Crippen molar-refractivity contribution in [2.75, 3.05) is 7.11 Å². The molecule has 0 heterocycles. The van der Waals surface area contributed by atoms with Crippen LogP contribution in [0.3, 0.4) is 0 Å². The van der Waals surface area contributed by atoms with Crippen molar-refractivity contribution in [1.29, 1.82) is 0 Å². The number of methoxy groups -OCH3 is 1. The molecule has 7 nitrogen and oxygen atoms in total. The number of benzene rings is 2. The van der Waals surface area contributed by atoms with Crippen molar-refractivity contribution in [3.63, 3.8) is 0 Å². The van der Waals surface area contributed by atoms with Gasteiger partial charge in [0.15, 0.2) is 5.11 Å². The first-order valence-corrected chi connectivity index (χ1v) is 9.16. The van der Waals surface area contributed by atoms with Gasteiger partial charge in [-0.1, -0.05) is 25.1 Å². The summed E-state index contributed by atoms with van der Waals surface area (Å²) in [7, 11) is 1.48. The smallest absolute Gasteiger partial charge is 0.273 e. The van der Waals surface area contributed by atoms with Gasteiger partial charge in [0, 0.05) is 5.56 Å². The first-order valence-electron chi connectivity index (χ1n) is 8.76. The number of ether oxygens (including phenoxy) is 2. The quantitative estimate of drug-likeness (QED) is 0.510. The third kappa shape index (κ3) is 5.95. The van der Waals surface area contributed by atoms with E-state index in [1.165, 1.54) is 7.11 Å². The number of carbonyl (C=O) groups excluding carboxylic acids is 2. The van der Waals surface area contributed by atoms with Gasteiger partial charge in [0.1, 0.15) is 11.5 Å². The van der Waals surface area contributed by atoms with Crippen molar-refractivity contribution in [1.82, 2.24) is 16.2 Å². The Kier molecular flexibility index (Phi) is 7.76. The zero-order valence-electron chi connectivity index (χ0n) is 15.9. The molecule has 2 aromatic rings. The number of hydrazine groups is 1. The van der Waals surface area contributed by atoms with Crippen LogP contribution in [0.2, 0.25) is 0 Å². The lowest BCUT2D eigenvalue weighted by Gasteiger charge is -2.14. The fourth-order valence-electron chi connectivity index (χ4n) is 2.25. The summed E-state index contributed by atoms with van der Waals surface area (Å²) in [4.78, 5) is 24.6. The minimum Gasteiger partial charge on any atom is -0.496 e. The Bertz CT molecular complexity index is 857. The summed E-state index contributed by atoms with van der Waals surface area (Å²) in [6.45, 7) is 3.97. The molecule has 0 fully saturated rings. The third-order valence-electron chi connectivity index (χ3n) is 3.88. The lowest BCUT2D eigenvalue weighted by atomic mass is 10.2. The van der Waals surface area contributed by atoms with E-state index in [2.05, 4.69) is 16.2 Å². The fourth-order valence-corrected chi connectivity index (χ4v) is 2.39. The minimum atomic E-state index is -0.446. The number of thiocarbonyl (C=S) groups is 1. The van der Waals surface area contributed by atoms with Crippen molar-refractivity contribution in [2.45, 2.75) is 26.4 Å². The van der Waals surface area contributed by atoms with Crippen LogP contribution in [0.1, 0.15) is 41.0 Å². The van der Waals surface area contributed by atoms with Crippen LogP contribution in [0.5, 0.6) is 11.5 Å². The summed E-state index contributed by atoms with van der Waals surface area (Å²) in [6, 6.07) is 13.6. The second-order valence-electron chi connectivity index (χ2n) is 5.93. The monoisotopic (exact) mass is 401 g/mol. The van der Waals surface area contributed by atoms with Crippen LogP contribution in [0.15, 0.2) is 48.5 Å². The van der Waals surface area contributed by atoms with E-state index in [-0.39, 0.29) is 11.2 Å². The molecule has 0 aromatic heterocycles. The van der Waals surface area contributed by atoms with Gasteiger partial charge in [0.05, 0.1) is 18.8 Å². The molecule has 0 aliphatic carbocycles. The lowest BCUT2D eigenvalue weighted by molar-refractivity contribution is 0.0932. The van der Waals surface area contributed by atoms with E-state index < -0.39 is 11.8 Å². The SMILES string of the molecule is CCC(C)Oc1cccc(C(=O)NC(=S)NNC(=O)c2ccccc2OC)c1. The summed E-state index contributed by atoms with van der Waals surface area (Å²) < 4.78 is 10.9. The molecule has 0 aliphatic heterocycles. The first kappa shape index (κ1) is 21.2. The number of hydrogen-bond acceptors (Lipinski definition) is 5. The predicted molar refractivity (Wildman–Crippen MR) is 110 cm³/mol. The zero-order valence-corrected chi connectivity index (χ0v) is 16.8. The second-order valence-corrected chi connectivity index (χ2v) is 6.34. The maximum absolute atomic E-state index is 12.4. The molecule has 0 bridgehead atoms. The van der Waals surface area contributed by atoms with Crippen molar-refractivity contribution in [3.05, 3.63) is 59.7 Å². The van der Waals surface area contributed by atoms with Gasteiger partial charge in [0.25, 0.3) is 11.8 Å². The summed E-state index contributed by atoms with van der Waals surface area (Å²) >= 11 is 5.06. The molecule has 8 heteroatoms. The average molecular weight is 401 g/mol. The zero-order chi connectivity index (χ0) is 20.5. The number of rotatable bonds is 6. The van der Waals surface area contributed by atoms with E-state index in [4.69, 9.17) is 21.7 Å². The Morgan fingerprint density at radius 1 is 1.07 bits per heavy atom. The van der Waals surface area contributed by atoms with E-state index in [9.17, 15) is 9.59 Å². The van der Waals surface area contributed by atoms with Gasteiger partial charge in [-0.15, -0.1) is 0 Å². The molecule has 0 aliphatic rings. The highest BCUT2D eigenvalue weighted by molar-refractivity contribution is 7.80. The normalized spacial score (nSPS) is 11.1. The first-order chi connectivity index (χ1) is 13.4. The molecule has 148 valence electrons. The van der Waals surface area contributed by atoms with Gasteiger partial charge < -0.3 is 9.47 Å². The topological polar surface area (TPSA) is 88.7 Å². The Labute approximate surface area is 169 Å². The van der Waals surface area contributed by atoms with Crippen LogP contribution in [0.4, 0.5) is 0 Å². The molecule has 1 atom stereocenters. The van der Waals surface area contributed by atoms with E-state index in [1.54, 1.807) is 48.5 Å². The van der Waals surface area contributed by atoms with Crippen LogP contribution in [0.25, 0.3) is 0 Å². The molecule has 0 radical (unpaired) electrons. The van der Waals surface area contributed by atoms with Gasteiger partial charge in [-0.25, -0.2) is 0 Å². The van der Waals surface area contributed by atoms with E-state index in [0.717, 1.165) is 6.42 Å². The highest BCUT2D eigenvalue weighted by atomic mass is 32.1. The van der Waals surface area contributed by atoms with Crippen LogP contribution in [-0.4, -0.2) is 30.1 Å². The van der Waals surface area contributed by atoms with Gasteiger partial charge in [-0.3, -0.25) is 25.8 Å². The van der Waals surface area contributed by atoms with Gasteiger partial charge >= 0.3 is 0 Å². The molecule has 2 rings (SSSR count). The standard InChI is InChI=1S/C20H23N3O4S/c1-4-13(2)27-15-9-7-8-14(12-15)18(24)21-20(28)23-22-19(25)16-10-5-6-11-17(16)26-3/h5-13H,4H2,1-3H3,(H,22,25)(H2,21,23,24,28). The summed E-state index contributed by atoms with van der Waals surface area (Å²) in [5.74, 6) is 0.164. The molecule has 0 spiro atoms. The van der Waals surface area contributed by atoms with Crippen molar-refractivity contribution >= 4 is 29.1 Å². The molecule has 2 amide bonds. The Morgan fingerprint density at radius 2 is 1.82 bits per heavy atom. The van der Waals surface area contributed by atoms with E-state index in [1.807, 2.05) is 13.8 Å². The largest absolute Gasteiger partial charge is 0.496 e. The summed E-state index contributed by atoms with van der Waals surface area (Å²) in [5, 5.41) is 2.47. The summed E-state index contributed by atoms with van der Waals surface area (Å²) in [5.41, 5.74) is 5.65. The molecule has 1 unspecified atom stereocenters. The molecule has 0 saturated heterocycles. The van der Waals surface area contributed by atoms with Gasteiger partial charge in [-0.2, -0.15) is 0 Å². The van der Waals surface area contributed by atoms with Gasteiger partial charge in [0.2, 0.25) is 0 Å². The molecule has 28 heavy (non-hydrogen) atoms. The number of amides is 2. The molecular formula is C20H23N3O4S. The van der Waals surface area contributed by atoms with Gasteiger partial charge in [-0.05, 0) is 55.9 Å². The second kappa shape index (κ2) is 10.3. The van der Waals surface area contributed by atoms with Crippen LogP contribution >= 0.6 is 12.2 Å². The maximum Gasteiger partial charge on any atom is 0.273 e. The molecule has 2 aromatic carbocycles. The van der Waals surface area contributed by atoms with Crippen LogP contribution in [0, 0.1) is 0 Å². The molecular weight excluding hydrogens is 378 g/mol. The number of para-hydroxylation sites is 1. The molecule has 3 N–H and O–H groups in total. The van der Waals surface area contributed by atoms with E-state index >= 15 is 0 Å². The van der Waals surface area contributed by atoms with E-state index in [0.29, 0.717) is 22.6 Å². The molecule has 0 saturated carbocycles. The minimum absolute atomic E-state index is 0.0403. The fraction of sp³-hybridized carbons (Fsp3) is 0.250. The van der Waals surface area contributed by atoms with Crippen LogP contribution < -0.4 is 25.6 Å². The van der Waals surface area contributed by atoms with Crippen molar-refractivity contribution < 1.29 is 19.1 Å². The Balaban J connectivity index is 1.91. The lowest BCUT2D eigenvalue weighted by Crippen LogP contribution is -2.48. The third-order valence-corrected chi connectivity index (χ3v) is 4.08. The number of carbonyl (C=O) groups is 2. The maximum atomic E-state index is 12.4. The average Bonchev–Trinajstić information content (AvgIpc) is 2.71. The van der Waals surface area contributed by atoms with Crippen molar-refractivity contribution in [3.8, 4) is 11.5 Å². The number of hydrogen-bond donors (Lipinski definition) is 3. The summed E-state index contributed by atoms with van der Waals surface area (Å²) in [6.07, 6.45) is 0.905. The van der Waals surface area contributed by atoms with Crippen LogP contribution in [-0.2, 0) is 0 Å². The highest BCUT2D eigenvalue weighted by Gasteiger charge is 2.13. The highest BCUT2D eigenvalue weighted by Crippen LogP contribution is 2.17. The number of nitrogens with one attached hydrogen (secondary N) is 3. The Hall–Kier alpha value is -3.13.